The third-order valence-electron chi connectivity index (χ3n) is 3.75. The Kier molecular flexibility index (Phi) is 5.55. The van der Waals surface area contributed by atoms with E-state index in [0.717, 1.165) is 18.0 Å². The number of alkyl halides is 3. The van der Waals surface area contributed by atoms with Crippen LogP contribution in [0.5, 0.6) is 5.75 Å². The van der Waals surface area contributed by atoms with Crippen molar-refractivity contribution in [3.05, 3.63) is 66.4 Å². The zero-order chi connectivity index (χ0) is 19.4. The summed E-state index contributed by atoms with van der Waals surface area (Å²) in [5.41, 5.74) is -0.219. The number of aromatic nitrogens is 2. The Morgan fingerprint density at radius 2 is 1.67 bits per heavy atom. The molecule has 0 aliphatic heterocycles. The third-order valence-corrected chi connectivity index (χ3v) is 4.76. The number of nitrogens with zero attached hydrogens (tertiary/aromatic N) is 3. The lowest BCUT2D eigenvalue weighted by molar-refractivity contribution is -0.140. The Balaban J connectivity index is 2.03. The average Bonchev–Trinajstić information content (AvgIpc) is 2.67. The van der Waals surface area contributed by atoms with Crippen LogP contribution in [0.25, 0.3) is 0 Å². The molecule has 0 atom stereocenters. The summed E-state index contributed by atoms with van der Waals surface area (Å²) >= 11 is 0.949. The van der Waals surface area contributed by atoms with Crippen LogP contribution < -0.4 is 9.64 Å². The molecule has 2 aromatic carbocycles. The van der Waals surface area contributed by atoms with E-state index in [1.165, 1.54) is 7.11 Å². The summed E-state index contributed by atoms with van der Waals surface area (Å²) in [5.74, 6) is 0.715. The molecule has 0 aliphatic rings. The monoisotopic (exact) mass is 391 g/mol. The van der Waals surface area contributed by atoms with Crippen molar-refractivity contribution >= 4 is 23.4 Å². The number of anilines is 2. The lowest BCUT2D eigenvalue weighted by Crippen LogP contribution is -2.17. The molecule has 0 N–H and O–H groups in total. The number of ether oxygens (including phenoxy) is 1. The molecule has 140 valence electrons. The third kappa shape index (κ3) is 4.33. The summed E-state index contributed by atoms with van der Waals surface area (Å²) in [4.78, 5) is 10.4. The van der Waals surface area contributed by atoms with Crippen molar-refractivity contribution < 1.29 is 17.9 Å². The fourth-order valence-corrected chi connectivity index (χ4v) is 3.33. The minimum atomic E-state index is -4.54. The Labute approximate surface area is 159 Å². The van der Waals surface area contributed by atoms with Gasteiger partial charge in [-0.3, -0.25) is 0 Å². The minimum absolute atomic E-state index is 0.144. The molecule has 27 heavy (non-hydrogen) atoms. The molecule has 0 saturated carbocycles. The highest BCUT2D eigenvalue weighted by molar-refractivity contribution is 7.99. The van der Waals surface area contributed by atoms with Gasteiger partial charge in [-0.1, -0.05) is 42.1 Å². The molecule has 0 amide bonds. The summed E-state index contributed by atoms with van der Waals surface area (Å²) in [6.07, 6.45) is -3.72. The van der Waals surface area contributed by atoms with E-state index >= 15 is 0 Å². The normalized spacial score (nSPS) is 11.3. The van der Waals surface area contributed by atoms with Gasteiger partial charge in [0.15, 0.2) is 0 Å². The first-order chi connectivity index (χ1) is 12.9. The summed E-state index contributed by atoms with van der Waals surface area (Å²) in [6.45, 7) is 0. The highest BCUT2D eigenvalue weighted by Crippen LogP contribution is 2.39. The maximum atomic E-state index is 13.4. The van der Waals surface area contributed by atoms with Crippen molar-refractivity contribution in [1.29, 1.82) is 0 Å². The molecule has 0 radical (unpaired) electrons. The first-order valence-corrected chi connectivity index (χ1v) is 8.75. The van der Waals surface area contributed by atoms with E-state index in [9.17, 15) is 13.2 Å². The van der Waals surface area contributed by atoms with E-state index in [4.69, 9.17) is 4.74 Å². The van der Waals surface area contributed by atoms with E-state index in [1.54, 1.807) is 66.5 Å². The van der Waals surface area contributed by atoms with Crippen molar-refractivity contribution in [3.8, 4) is 5.75 Å². The van der Waals surface area contributed by atoms with E-state index in [-0.39, 0.29) is 11.0 Å². The van der Waals surface area contributed by atoms with E-state index in [1.807, 2.05) is 0 Å². The highest BCUT2D eigenvalue weighted by atomic mass is 32.2. The maximum Gasteiger partial charge on any atom is 0.420 e. The van der Waals surface area contributed by atoms with Crippen LogP contribution in [0.2, 0.25) is 0 Å². The van der Waals surface area contributed by atoms with Crippen molar-refractivity contribution in [2.45, 2.75) is 16.1 Å². The molecule has 0 spiro atoms. The lowest BCUT2D eigenvalue weighted by atomic mass is 10.2. The number of rotatable bonds is 5. The van der Waals surface area contributed by atoms with Crippen LogP contribution in [0.3, 0.4) is 0 Å². The van der Waals surface area contributed by atoms with Crippen molar-refractivity contribution in [3.63, 3.8) is 0 Å². The van der Waals surface area contributed by atoms with Crippen LogP contribution in [0.4, 0.5) is 24.8 Å². The molecule has 4 nitrogen and oxygen atoms in total. The molecule has 1 heterocycles. The number of hydrogen-bond acceptors (Lipinski definition) is 5. The molecule has 0 saturated heterocycles. The number of methoxy groups -OCH3 is 1. The molecular weight excluding hydrogens is 375 g/mol. The second-order valence-electron chi connectivity index (χ2n) is 5.53. The lowest BCUT2D eigenvalue weighted by Gasteiger charge is -2.21. The number of halogens is 3. The van der Waals surface area contributed by atoms with Gasteiger partial charge in [0, 0.05) is 18.1 Å². The summed E-state index contributed by atoms with van der Waals surface area (Å²) in [5, 5.41) is -0.152. The molecule has 1 aromatic heterocycles. The van der Waals surface area contributed by atoms with Crippen molar-refractivity contribution in [2.75, 3.05) is 19.1 Å². The van der Waals surface area contributed by atoms with Gasteiger partial charge in [0.05, 0.1) is 12.8 Å². The van der Waals surface area contributed by atoms with Gasteiger partial charge in [-0.2, -0.15) is 13.2 Å². The quantitative estimate of drug-likeness (QED) is 0.543. The average molecular weight is 391 g/mol. The van der Waals surface area contributed by atoms with Gasteiger partial charge in [-0.15, -0.1) is 0 Å². The first-order valence-electron chi connectivity index (χ1n) is 7.94. The summed E-state index contributed by atoms with van der Waals surface area (Å²) in [7, 11) is 3.20. The van der Waals surface area contributed by atoms with Crippen LogP contribution in [-0.4, -0.2) is 24.1 Å². The van der Waals surface area contributed by atoms with Gasteiger partial charge in [-0.25, -0.2) is 9.97 Å². The first kappa shape index (κ1) is 19.0. The van der Waals surface area contributed by atoms with E-state index in [2.05, 4.69) is 9.97 Å². The van der Waals surface area contributed by atoms with Gasteiger partial charge in [0.1, 0.15) is 16.3 Å². The van der Waals surface area contributed by atoms with Gasteiger partial charge < -0.3 is 9.64 Å². The van der Waals surface area contributed by atoms with Crippen LogP contribution in [0, 0.1) is 0 Å². The summed E-state index contributed by atoms with van der Waals surface area (Å²) < 4.78 is 45.5. The van der Waals surface area contributed by atoms with E-state index in [0.29, 0.717) is 16.3 Å². The largest absolute Gasteiger partial charge is 0.495 e. The highest BCUT2D eigenvalue weighted by Gasteiger charge is 2.35. The smallest absolute Gasteiger partial charge is 0.420 e. The van der Waals surface area contributed by atoms with Crippen molar-refractivity contribution in [2.24, 2.45) is 0 Å². The molecule has 0 unspecified atom stereocenters. The molecule has 3 aromatic rings. The fourth-order valence-electron chi connectivity index (χ4n) is 2.41. The van der Waals surface area contributed by atoms with Crippen LogP contribution >= 0.6 is 11.8 Å². The van der Waals surface area contributed by atoms with Gasteiger partial charge in [-0.05, 0) is 24.3 Å². The predicted molar refractivity (Wildman–Crippen MR) is 98.7 cm³/mol. The standard InChI is InChI=1S/C19H16F3N3OS/c1-25(15-10-6-7-11-16(15)26-2)18-23-12-14(19(20,21)22)17(24-18)27-13-8-4-3-5-9-13/h3-12H,1-2H3. The molecule has 8 heteroatoms. The van der Waals surface area contributed by atoms with Crippen LogP contribution in [0.1, 0.15) is 5.56 Å². The van der Waals surface area contributed by atoms with Gasteiger partial charge in [0.2, 0.25) is 5.95 Å². The number of hydrogen-bond donors (Lipinski definition) is 0. The fraction of sp³-hybridized carbons (Fsp3) is 0.158. The van der Waals surface area contributed by atoms with Gasteiger partial charge in [0.25, 0.3) is 0 Å². The predicted octanol–water partition coefficient (Wildman–Crippen LogP) is 5.42. The Morgan fingerprint density at radius 3 is 2.33 bits per heavy atom. The second kappa shape index (κ2) is 7.87. The molecular formula is C19H16F3N3OS. The molecule has 3 rings (SSSR count). The Morgan fingerprint density at radius 1 is 1.00 bits per heavy atom. The Hall–Kier alpha value is -2.74. The van der Waals surface area contributed by atoms with Crippen LogP contribution in [0.15, 0.2) is 70.7 Å². The van der Waals surface area contributed by atoms with Gasteiger partial charge >= 0.3 is 6.18 Å². The SMILES string of the molecule is COc1ccccc1N(C)c1ncc(C(F)(F)F)c(Sc2ccccc2)n1. The zero-order valence-electron chi connectivity index (χ0n) is 14.6. The van der Waals surface area contributed by atoms with E-state index < -0.39 is 11.7 Å². The van der Waals surface area contributed by atoms with Crippen molar-refractivity contribution in [1.82, 2.24) is 9.97 Å². The summed E-state index contributed by atoms with van der Waals surface area (Å²) in [6, 6.07) is 15.9. The molecule has 0 bridgehead atoms. The topological polar surface area (TPSA) is 38.2 Å². The number of para-hydroxylation sites is 2. The molecule has 0 fully saturated rings. The number of benzene rings is 2. The Bertz CT molecular complexity index is 920. The molecule has 0 aliphatic carbocycles. The minimum Gasteiger partial charge on any atom is -0.495 e. The maximum absolute atomic E-state index is 13.4. The van der Waals surface area contributed by atoms with Crippen LogP contribution in [-0.2, 0) is 6.18 Å². The zero-order valence-corrected chi connectivity index (χ0v) is 15.4. The second-order valence-corrected chi connectivity index (χ2v) is 6.59.